The molecule has 2 aromatic rings. The number of amides is 1. The standard InChI is InChI=1S/C16H20N2O4S/c1-16(2,3)22-15(19)18-14-17-12(9-23-14)11-8-10(20-4)6-7-13(11)21-5/h6-9H,1-5H3,(H,17,18,19). The molecule has 1 aromatic carbocycles. The van der Waals surface area contributed by atoms with Crippen LogP contribution in [0, 0.1) is 0 Å². The highest BCUT2D eigenvalue weighted by Gasteiger charge is 2.18. The van der Waals surface area contributed by atoms with E-state index in [0.717, 1.165) is 5.56 Å². The van der Waals surface area contributed by atoms with E-state index in [2.05, 4.69) is 10.3 Å². The average molecular weight is 336 g/mol. The number of thiazole rings is 1. The lowest BCUT2D eigenvalue weighted by Crippen LogP contribution is -2.27. The lowest BCUT2D eigenvalue weighted by atomic mass is 10.1. The van der Waals surface area contributed by atoms with E-state index in [9.17, 15) is 4.79 Å². The molecule has 6 nitrogen and oxygen atoms in total. The summed E-state index contributed by atoms with van der Waals surface area (Å²) >= 11 is 1.31. The highest BCUT2D eigenvalue weighted by atomic mass is 32.1. The molecule has 1 heterocycles. The molecule has 0 bridgehead atoms. The van der Waals surface area contributed by atoms with Gasteiger partial charge in [0.05, 0.1) is 19.9 Å². The summed E-state index contributed by atoms with van der Waals surface area (Å²) in [4.78, 5) is 16.2. The van der Waals surface area contributed by atoms with Crippen molar-refractivity contribution in [3.8, 4) is 22.8 Å². The number of methoxy groups -OCH3 is 2. The molecule has 0 saturated heterocycles. The van der Waals surface area contributed by atoms with Crippen molar-refractivity contribution < 1.29 is 19.0 Å². The zero-order valence-electron chi connectivity index (χ0n) is 13.8. The van der Waals surface area contributed by atoms with Crippen LogP contribution in [0.5, 0.6) is 11.5 Å². The summed E-state index contributed by atoms with van der Waals surface area (Å²) in [6, 6.07) is 5.47. The van der Waals surface area contributed by atoms with Gasteiger partial charge >= 0.3 is 6.09 Å². The van der Waals surface area contributed by atoms with E-state index in [-0.39, 0.29) is 0 Å². The fourth-order valence-electron chi connectivity index (χ4n) is 1.86. The molecule has 1 amide bonds. The van der Waals surface area contributed by atoms with Crippen molar-refractivity contribution in [1.82, 2.24) is 4.98 Å². The van der Waals surface area contributed by atoms with Crippen molar-refractivity contribution in [3.05, 3.63) is 23.6 Å². The van der Waals surface area contributed by atoms with Gasteiger partial charge < -0.3 is 14.2 Å². The third-order valence-corrected chi connectivity index (χ3v) is 3.55. The van der Waals surface area contributed by atoms with Gasteiger partial charge in [0.2, 0.25) is 0 Å². The second-order valence-electron chi connectivity index (χ2n) is 5.73. The monoisotopic (exact) mass is 336 g/mol. The van der Waals surface area contributed by atoms with Crippen molar-refractivity contribution >= 4 is 22.6 Å². The summed E-state index contributed by atoms with van der Waals surface area (Å²) in [6.45, 7) is 5.42. The quantitative estimate of drug-likeness (QED) is 0.907. The van der Waals surface area contributed by atoms with E-state index in [1.165, 1.54) is 11.3 Å². The zero-order valence-corrected chi connectivity index (χ0v) is 14.6. The van der Waals surface area contributed by atoms with Crippen LogP contribution in [0.1, 0.15) is 20.8 Å². The number of hydrogen-bond acceptors (Lipinski definition) is 6. The fraction of sp³-hybridized carbons (Fsp3) is 0.375. The maximum absolute atomic E-state index is 11.8. The SMILES string of the molecule is COc1ccc(OC)c(-c2csc(NC(=O)OC(C)(C)C)n2)c1. The Morgan fingerprint density at radius 3 is 2.57 bits per heavy atom. The Bertz CT molecular complexity index is 692. The molecule has 0 spiro atoms. The van der Waals surface area contributed by atoms with Crippen molar-refractivity contribution in [2.75, 3.05) is 19.5 Å². The Balaban J connectivity index is 2.21. The predicted octanol–water partition coefficient (Wildman–Crippen LogP) is 4.17. The van der Waals surface area contributed by atoms with E-state index < -0.39 is 11.7 Å². The second kappa shape index (κ2) is 6.87. The highest BCUT2D eigenvalue weighted by Crippen LogP contribution is 2.35. The van der Waals surface area contributed by atoms with Crippen molar-refractivity contribution in [2.24, 2.45) is 0 Å². The van der Waals surface area contributed by atoms with E-state index in [1.807, 2.05) is 23.6 Å². The van der Waals surface area contributed by atoms with E-state index >= 15 is 0 Å². The molecule has 0 fully saturated rings. The van der Waals surface area contributed by atoms with Crippen molar-refractivity contribution in [2.45, 2.75) is 26.4 Å². The molecule has 0 atom stereocenters. The van der Waals surface area contributed by atoms with Gasteiger partial charge in [-0.3, -0.25) is 5.32 Å². The fourth-order valence-corrected chi connectivity index (χ4v) is 2.56. The van der Waals surface area contributed by atoms with Gasteiger partial charge in [-0.15, -0.1) is 11.3 Å². The van der Waals surface area contributed by atoms with Crippen LogP contribution in [-0.2, 0) is 4.74 Å². The van der Waals surface area contributed by atoms with Crippen LogP contribution in [0.25, 0.3) is 11.3 Å². The van der Waals surface area contributed by atoms with E-state index in [4.69, 9.17) is 14.2 Å². The summed E-state index contributed by atoms with van der Waals surface area (Å²) in [6.07, 6.45) is -0.531. The Morgan fingerprint density at radius 1 is 1.22 bits per heavy atom. The number of rotatable bonds is 4. The number of carbonyl (C=O) groups excluding carboxylic acids is 1. The van der Waals surface area contributed by atoms with Crippen LogP contribution in [0.2, 0.25) is 0 Å². The minimum atomic E-state index is -0.555. The molecular weight excluding hydrogens is 316 g/mol. The molecule has 0 aliphatic rings. The molecule has 1 N–H and O–H groups in total. The molecule has 23 heavy (non-hydrogen) atoms. The molecule has 2 rings (SSSR count). The van der Waals surface area contributed by atoms with E-state index in [1.54, 1.807) is 35.0 Å². The van der Waals surface area contributed by atoms with Crippen molar-refractivity contribution in [1.29, 1.82) is 0 Å². The summed E-state index contributed by atoms with van der Waals surface area (Å²) in [5.41, 5.74) is 0.928. The summed E-state index contributed by atoms with van der Waals surface area (Å²) < 4.78 is 15.8. The largest absolute Gasteiger partial charge is 0.497 e. The van der Waals surface area contributed by atoms with Crippen LogP contribution in [-0.4, -0.2) is 30.9 Å². The Kier molecular flexibility index (Phi) is 5.10. The lowest BCUT2D eigenvalue weighted by molar-refractivity contribution is 0.0636. The minimum Gasteiger partial charge on any atom is -0.497 e. The number of hydrogen-bond donors (Lipinski definition) is 1. The molecule has 0 aliphatic heterocycles. The van der Waals surface area contributed by atoms with Gasteiger partial charge in [0.15, 0.2) is 5.13 Å². The molecule has 7 heteroatoms. The molecule has 1 aromatic heterocycles. The van der Waals surface area contributed by atoms with Crippen LogP contribution < -0.4 is 14.8 Å². The number of anilines is 1. The normalized spacial score (nSPS) is 11.0. The number of benzene rings is 1. The van der Waals surface area contributed by atoms with Gasteiger partial charge in [-0.25, -0.2) is 9.78 Å². The highest BCUT2D eigenvalue weighted by molar-refractivity contribution is 7.14. The number of nitrogens with one attached hydrogen (secondary N) is 1. The summed E-state index contributed by atoms with van der Waals surface area (Å²) in [5, 5.41) is 4.92. The Morgan fingerprint density at radius 2 is 1.96 bits per heavy atom. The van der Waals surface area contributed by atoms with Gasteiger partial charge in [0.25, 0.3) is 0 Å². The number of nitrogens with zero attached hydrogens (tertiary/aromatic N) is 1. The van der Waals surface area contributed by atoms with Gasteiger partial charge in [-0.2, -0.15) is 0 Å². The number of aromatic nitrogens is 1. The summed E-state index contributed by atoms with van der Waals surface area (Å²) in [7, 11) is 3.19. The first kappa shape index (κ1) is 17.1. The first-order chi connectivity index (χ1) is 10.8. The Hall–Kier alpha value is -2.28. The molecule has 0 radical (unpaired) electrons. The average Bonchev–Trinajstić information content (AvgIpc) is 2.92. The minimum absolute atomic E-state index is 0.458. The molecule has 0 unspecified atom stereocenters. The maximum atomic E-state index is 11.8. The smallest absolute Gasteiger partial charge is 0.413 e. The number of carbonyl (C=O) groups is 1. The van der Waals surface area contributed by atoms with Crippen LogP contribution >= 0.6 is 11.3 Å². The summed E-state index contributed by atoms with van der Waals surface area (Å²) in [5.74, 6) is 1.38. The third kappa shape index (κ3) is 4.59. The van der Waals surface area contributed by atoms with Crippen molar-refractivity contribution in [3.63, 3.8) is 0 Å². The van der Waals surface area contributed by atoms with Gasteiger partial charge in [-0.1, -0.05) is 0 Å². The second-order valence-corrected chi connectivity index (χ2v) is 6.59. The maximum Gasteiger partial charge on any atom is 0.413 e. The zero-order chi connectivity index (χ0) is 17.0. The topological polar surface area (TPSA) is 69.7 Å². The molecule has 0 saturated carbocycles. The first-order valence-corrected chi connectivity index (χ1v) is 7.88. The van der Waals surface area contributed by atoms with Gasteiger partial charge in [0.1, 0.15) is 17.1 Å². The lowest BCUT2D eigenvalue weighted by Gasteiger charge is -2.18. The van der Waals surface area contributed by atoms with Gasteiger partial charge in [0, 0.05) is 10.9 Å². The van der Waals surface area contributed by atoms with Crippen LogP contribution in [0.3, 0.4) is 0 Å². The van der Waals surface area contributed by atoms with Gasteiger partial charge in [-0.05, 0) is 39.0 Å². The third-order valence-electron chi connectivity index (χ3n) is 2.79. The van der Waals surface area contributed by atoms with E-state index in [0.29, 0.717) is 22.3 Å². The first-order valence-electron chi connectivity index (χ1n) is 7.00. The molecule has 0 aliphatic carbocycles. The Labute approximate surface area is 139 Å². The number of ether oxygens (including phenoxy) is 3. The predicted molar refractivity (Wildman–Crippen MR) is 90.5 cm³/mol. The van der Waals surface area contributed by atoms with Crippen LogP contribution in [0.4, 0.5) is 9.93 Å². The molecular formula is C16H20N2O4S. The van der Waals surface area contributed by atoms with Crippen LogP contribution in [0.15, 0.2) is 23.6 Å². The molecule has 124 valence electrons.